The molecule has 1 heterocycles. The lowest BCUT2D eigenvalue weighted by Crippen LogP contribution is -2.13. The fourth-order valence-corrected chi connectivity index (χ4v) is 2.20. The Balaban J connectivity index is 2.20. The Kier molecular flexibility index (Phi) is 3.01. The van der Waals surface area contributed by atoms with Crippen LogP contribution in [0.4, 0.5) is 0 Å². The third kappa shape index (κ3) is 2.05. The van der Waals surface area contributed by atoms with Crippen LogP contribution in [-0.4, -0.2) is 6.54 Å². The molecule has 0 unspecified atom stereocenters. The molecule has 76 valence electrons. The predicted octanol–water partition coefficient (Wildman–Crippen LogP) is 3.66. The molecule has 1 aromatic rings. The average Bonchev–Trinajstić information content (AvgIpc) is 2.57. The Morgan fingerprint density at radius 1 is 1.29 bits per heavy atom. The van der Waals surface area contributed by atoms with E-state index < -0.39 is 0 Å². The molecule has 2 atom stereocenters. The first-order valence-corrected chi connectivity index (χ1v) is 5.60. The van der Waals surface area contributed by atoms with Crippen LogP contribution >= 0.6 is 23.2 Å². The average molecular weight is 230 g/mol. The molecule has 0 aliphatic carbocycles. The maximum atomic E-state index is 5.97. The van der Waals surface area contributed by atoms with Gasteiger partial charge in [-0.1, -0.05) is 36.2 Å². The lowest BCUT2D eigenvalue weighted by atomic mass is 10.0. The monoisotopic (exact) mass is 229 g/mol. The zero-order valence-corrected chi connectivity index (χ0v) is 9.57. The van der Waals surface area contributed by atoms with Gasteiger partial charge in [0.1, 0.15) is 0 Å². The van der Waals surface area contributed by atoms with Crippen molar-refractivity contribution in [1.82, 2.24) is 5.32 Å². The van der Waals surface area contributed by atoms with Crippen molar-refractivity contribution >= 4 is 23.2 Å². The van der Waals surface area contributed by atoms with Crippen LogP contribution in [0.3, 0.4) is 0 Å². The number of benzene rings is 1. The van der Waals surface area contributed by atoms with E-state index in [1.165, 1.54) is 12.0 Å². The van der Waals surface area contributed by atoms with Gasteiger partial charge >= 0.3 is 0 Å². The molecule has 0 aromatic heterocycles. The van der Waals surface area contributed by atoms with Crippen molar-refractivity contribution in [3.8, 4) is 0 Å². The van der Waals surface area contributed by atoms with Gasteiger partial charge in [0.05, 0.1) is 10.0 Å². The lowest BCUT2D eigenvalue weighted by Gasteiger charge is -2.11. The summed E-state index contributed by atoms with van der Waals surface area (Å²) < 4.78 is 0. The molecule has 14 heavy (non-hydrogen) atoms. The van der Waals surface area contributed by atoms with Crippen molar-refractivity contribution in [1.29, 1.82) is 0 Å². The minimum Gasteiger partial charge on any atom is -0.310 e. The number of halogens is 2. The van der Waals surface area contributed by atoms with Gasteiger partial charge in [-0.3, -0.25) is 0 Å². The molecular weight excluding hydrogens is 217 g/mol. The Labute approximate surface area is 94.4 Å². The zero-order chi connectivity index (χ0) is 10.1. The topological polar surface area (TPSA) is 12.0 Å². The maximum Gasteiger partial charge on any atom is 0.0595 e. The Morgan fingerprint density at radius 3 is 2.64 bits per heavy atom. The minimum absolute atomic E-state index is 0.444. The van der Waals surface area contributed by atoms with E-state index in [-0.39, 0.29) is 0 Å². The first-order chi connectivity index (χ1) is 6.66. The smallest absolute Gasteiger partial charge is 0.0595 e. The second kappa shape index (κ2) is 4.09. The van der Waals surface area contributed by atoms with Gasteiger partial charge in [0.15, 0.2) is 0 Å². The zero-order valence-electron chi connectivity index (χ0n) is 8.06. The van der Waals surface area contributed by atoms with Crippen LogP contribution < -0.4 is 5.32 Å². The van der Waals surface area contributed by atoms with E-state index in [0.717, 1.165) is 12.5 Å². The van der Waals surface area contributed by atoms with Crippen molar-refractivity contribution in [3.63, 3.8) is 0 Å². The summed E-state index contributed by atoms with van der Waals surface area (Å²) in [4.78, 5) is 0. The fourth-order valence-electron chi connectivity index (χ4n) is 1.90. The molecule has 1 aliphatic rings. The second-order valence-electron chi connectivity index (χ2n) is 3.98. The van der Waals surface area contributed by atoms with Crippen LogP contribution in [-0.2, 0) is 0 Å². The molecule has 1 fully saturated rings. The molecule has 0 saturated carbocycles. The van der Waals surface area contributed by atoms with Crippen LogP contribution in [0.2, 0.25) is 10.0 Å². The molecule has 1 saturated heterocycles. The number of nitrogens with one attached hydrogen (secondary N) is 1. The van der Waals surface area contributed by atoms with Crippen LogP contribution in [0.15, 0.2) is 18.2 Å². The molecule has 1 aromatic carbocycles. The summed E-state index contributed by atoms with van der Waals surface area (Å²) in [6.45, 7) is 3.34. The molecule has 1 N–H and O–H groups in total. The van der Waals surface area contributed by atoms with Crippen LogP contribution in [0.5, 0.6) is 0 Å². The molecular formula is C11H13Cl2N. The highest BCUT2D eigenvalue weighted by atomic mass is 35.5. The van der Waals surface area contributed by atoms with Crippen molar-refractivity contribution < 1.29 is 0 Å². The van der Waals surface area contributed by atoms with E-state index in [4.69, 9.17) is 23.2 Å². The molecule has 0 amide bonds. The van der Waals surface area contributed by atoms with Gasteiger partial charge in [-0.15, -0.1) is 0 Å². The van der Waals surface area contributed by atoms with E-state index in [1.807, 2.05) is 18.2 Å². The first kappa shape index (κ1) is 10.3. The Bertz CT molecular complexity index is 338. The highest BCUT2D eigenvalue weighted by Crippen LogP contribution is 2.31. The van der Waals surface area contributed by atoms with E-state index in [2.05, 4.69) is 12.2 Å². The minimum atomic E-state index is 0.444. The number of hydrogen-bond acceptors (Lipinski definition) is 1. The standard InChI is InChI=1S/C11H13Cl2N/c1-7-4-11(14-6-7)8-2-3-9(12)10(13)5-8/h2-3,5,7,11,14H,4,6H2,1H3/t7-,11+/m1/s1. The molecule has 0 radical (unpaired) electrons. The van der Waals surface area contributed by atoms with Crippen LogP contribution in [0.1, 0.15) is 24.9 Å². The van der Waals surface area contributed by atoms with Crippen molar-refractivity contribution in [2.45, 2.75) is 19.4 Å². The van der Waals surface area contributed by atoms with Gasteiger partial charge in [0.2, 0.25) is 0 Å². The van der Waals surface area contributed by atoms with E-state index in [0.29, 0.717) is 16.1 Å². The molecule has 1 nitrogen and oxygen atoms in total. The van der Waals surface area contributed by atoms with Gasteiger partial charge in [-0.25, -0.2) is 0 Å². The van der Waals surface area contributed by atoms with Crippen molar-refractivity contribution in [3.05, 3.63) is 33.8 Å². The quantitative estimate of drug-likeness (QED) is 0.776. The molecule has 1 aliphatic heterocycles. The van der Waals surface area contributed by atoms with Crippen LogP contribution in [0, 0.1) is 5.92 Å². The number of hydrogen-bond donors (Lipinski definition) is 1. The van der Waals surface area contributed by atoms with Gasteiger partial charge in [0.25, 0.3) is 0 Å². The van der Waals surface area contributed by atoms with E-state index >= 15 is 0 Å². The highest BCUT2D eigenvalue weighted by molar-refractivity contribution is 6.42. The summed E-state index contributed by atoms with van der Waals surface area (Å²) in [5, 5.41) is 4.74. The predicted molar refractivity (Wildman–Crippen MR) is 61.0 cm³/mol. The summed E-state index contributed by atoms with van der Waals surface area (Å²) in [5.41, 5.74) is 1.24. The van der Waals surface area contributed by atoms with Crippen LogP contribution in [0.25, 0.3) is 0 Å². The van der Waals surface area contributed by atoms with Gasteiger partial charge in [-0.2, -0.15) is 0 Å². The highest BCUT2D eigenvalue weighted by Gasteiger charge is 2.22. The van der Waals surface area contributed by atoms with Crippen molar-refractivity contribution in [2.75, 3.05) is 6.54 Å². The molecule has 2 rings (SSSR count). The largest absolute Gasteiger partial charge is 0.310 e. The van der Waals surface area contributed by atoms with Gasteiger partial charge in [-0.05, 0) is 36.6 Å². The lowest BCUT2D eigenvalue weighted by molar-refractivity contribution is 0.612. The fraction of sp³-hybridized carbons (Fsp3) is 0.455. The van der Waals surface area contributed by atoms with Gasteiger partial charge < -0.3 is 5.32 Å². The Morgan fingerprint density at radius 2 is 2.07 bits per heavy atom. The summed E-state index contributed by atoms with van der Waals surface area (Å²) in [6, 6.07) is 6.31. The summed E-state index contributed by atoms with van der Waals surface area (Å²) in [6.07, 6.45) is 1.18. The van der Waals surface area contributed by atoms with Gasteiger partial charge in [0, 0.05) is 6.04 Å². The Hall–Kier alpha value is -0.240. The summed E-state index contributed by atoms with van der Waals surface area (Å²) >= 11 is 11.8. The van der Waals surface area contributed by atoms with Crippen molar-refractivity contribution in [2.24, 2.45) is 5.92 Å². The summed E-state index contributed by atoms with van der Waals surface area (Å²) in [7, 11) is 0. The van der Waals surface area contributed by atoms with E-state index in [9.17, 15) is 0 Å². The number of rotatable bonds is 1. The first-order valence-electron chi connectivity index (χ1n) is 4.85. The third-order valence-corrected chi connectivity index (χ3v) is 3.44. The maximum absolute atomic E-state index is 5.97. The normalized spacial score (nSPS) is 26.8. The second-order valence-corrected chi connectivity index (χ2v) is 4.79. The van der Waals surface area contributed by atoms with E-state index in [1.54, 1.807) is 0 Å². The SMILES string of the molecule is C[C@H]1CN[C@H](c2ccc(Cl)c(Cl)c2)C1. The molecule has 0 spiro atoms. The molecule has 0 bridgehead atoms. The summed E-state index contributed by atoms with van der Waals surface area (Å²) in [5.74, 6) is 0.745. The molecule has 3 heteroatoms. The third-order valence-electron chi connectivity index (χ3n) is 2.70.